The maximum absolute atomic E-state index is 13.3. The quantitative estimate of drug-likeness (QED) is 0.607. The Balaban J connectivity index is 1.61. The third-order valence-electron chi connectivity index (χ3n) is 5.96. The van der Waals surface area contributed by atoms with Crippen LogP contribution >= 0.6 is 0 Å². The van der Waals surface area contributed by atoms with Crippen molar-refractivity contribution in [3.8, 4) is 0 Å². The molecule has 2 aliphatic heterocycles. The van der Waals surface area contributed by atoms with E-state index >= 15 is 0 Å². The van der Waals surface area contributed by atoms with E-state index in [0.29, 0.717) is 38.5 Å². The van der Waals surface area contributed by atoms with E-state index in [1.165, 1.54) is 0 Å². The highest BCUT2D eigenvalue weighted by Gasteiger charge is 2.67. The molecule has 1 aromatic heterocycles. The van der Waals surface area contributed by atoms with Crippen molar-refractivity contribution in [1.29, 1.82) is 0 Å². The molecule has 0 radical (unpaired) electrons. The molecule has 0 aromatic carbocycles. The summed E-state index contributed by atoms with van der Waals surface area (Å²) in [5.41, 5.74) is 0.826. The number of carbonyl (C=O) groups is 2. The van der Waals surface area contributed by atoms with Crippen molar-refractivity contribution < 1.29 is 23.8 Å². The molecule has 4 rings (SSSR count). The Hall–Kier alpha value is -2.25. The Morgan fingerprint density at radius 1 is 1.23 bits per heavy atom. The fourth-order valence-electron chi connectivity index (χ4n) is 4.44. The van der Waals surface area contributed by atoms with Gasteiger partial charge in [0.2, 0.25) is 0 Å². The number of piperidine rings is 1. The summed E-state index contributed by atoms with van der Waals surface area (Å²) in [6.45, 7) is 7.40. The molecule has 1 amide bonds. The smallest absolute Gasteiger partial charge is 0.411 e. The molecule has 3 heterocycles. The minimum absolute atomic E-state index is 0.00952. The van der Waals surface area contributed by atoms with Crippen molar-refractivity contribution in [2.45, 2.75) is 64.3 Å². The molecule has 162 valence electrons. The Morgan fingerprint density at radius 3 is 2.77 bits per heavy atom. The monoisotopic (exact) mass is 414 g/mol. The number of pyridine rings is 1. The van der Waals surface area contributed by atoms with Gasteiger partial charge >= 0.3 is 6.09 Å². The summed E-state index contributed by atoms with van der Waals surface area (Å²) in [5, 5.41) is 0. The molecule has 1 saturated carbocycles. The number of Topliss-reactive ketones (excluding diaryl/α,β-unsaturated/α-hetero) is 1. The summed E-state index contributed by atoms with van der Waals surface area (Å²) in [6.07, 6.45) is 6.77. The van der Waals surface area contributed by atoms with Crippen LogP contribution in [0.4, 0.5) is 4.79 Å². The Kier molecular flexibility index (Phi) is 5.68. The first-order valence-electron chi connectivity index (χ1n) is 10.6. The normalized spacial score (nSPS) is 29.4. The van der Waals surface area contributed by atoms with Gasteiger partial charge in [-0.25, -0.2) is 4.79 Å². The van der Waals surface area contributed by atoms with Gasteiger partial charge in [0, 0.05) is 17.7 Å². The standard InChI is InChI=1S/C23H30N2O5/c1-22(2,3)30-21(27)25-18-12-23(13-20(23)25)15-29-10-5-4-9-28-14-16-7-6-8-24-17(16)11-19(18)26/h4-8,18,20H,9-15H2,1-3H3/t18-,20+,23-/m0/s1. The highest BCUT2D eigenvalue weighted by Crippen LogP contribution is 2.60. The molecule has 1 aromatic rings. The van der Waals surface area contributed by atoms with E-state index in [9.17, 15) is 9.59 Å². The topological polar surface area (TPSA) is 78.0 Å². The van der Waals surface area contributed by atoms with E-state index in [-0.39, 0.29) is 23.7 Å². The molecular formula is C23H30N2O5. The average Bonchev–Trinajstić information content (AvgIpc) is 3.26. The number of hydrogen-bond donors (Lipinski definition) is 0. The van der Waals surface area contributed by atoms with Gasteiger partial charge in [-0.3, -0.25) is 14.7 Å². The molecule has 7 nitrogen and oxygen atoms in total. The van der Waals surface area contributed by atoms with Crippen molar-refractivity contribution in [3.05, 3.63) is 41.7 Å². The maximum atomic E-state index is 13.3. The number of nitrogens with zero attached hydrogens (tertiary/aromatic N) is 2. The first-order valence-corrected chi connectivity index (χ1v) is 10.6. The van der Waals surface area contributed by atoms with Crippen molar-refractivity contribution in [2.75, 3.05) is 19.8 Å². The maximum Gasteiger partial charge on any atom is 0.411 e. The predicted molar refractivity (Wildman–Crippen MR) is 110 cm³/mol. The Labute approximate surface area is 177 Å². The summed E-state index contributed by atoms with van der Waals surface area (Å²) < 4.78 is 17.2. The number of ether oxygens (including phenoxy) is 3. The van der Waals surface area contributed by atoms with Crippen LogP contribution in [0, 0.1) is 5.41 Å². The lowest BCUT2D eigenvalue weighted by atomic mass is 9.95. The third-order valence-corrected chi connectivity index (χ3v) is 5.96. The molecule has 2 fully saturated rings. The Bertz CT molecular complexity index is 846. The third kappa shape index (κ3) is 4.42. The van der Waals surface area contributed by atoms with Crippen LogP contribution in [0.3, 0.4) is 0 Å². The van der Waals surface area contributed by atoms with E-state index in [4.69, 9.17) is 14.2 Å². The van der Waals surface area contributed by atoms with E-state index < -0.39 is 17.7 Å². The first-order chi connectivity index (χ1) is 14.3. The van der Waals surface area contributed by atoms with Gasteiger partial charge in [0.05, 0.1) is 44.6 Å². The molecule has 0 unspecified atom stereocenters. The van der Waals surface area contributed by atoms with E-state index in [1.54, 1.807) is 11.1 Å². The molecule has 7 heteroatoms. The van der Waals surface area contributed by atoms with Crippen LogP contribution < -0.4 is 0 Å². The molecule has 30 heavy (non-hydrogen) atoms. The lowest BCUT2D eigenvalue weighted by Gasteiger charge is -2.29. The number of likely N-dealkylation sites (tertiary alicyclic amines) is 1. The number of fused-ring (bicyclic) bond motifs is 2. The van der Waals surface area contributed by atoms with Gasteiger partial charge < -0.3 is 14.2 Å². The van der Waals surface area contributed by atoms with Crippen LogP contribution in [-0.4, -0.2) is 59.3 Å². The SMILES string of the molecule is CC(C)(C)OC(=O)N1[C@H]2C[C@@]3(COCC=CCOCc4cccnc4CC2=O)C[C@@H]13. The van der Waals surface area contributed by atoms with Crippen LogP contribution in [0.15, 0.2) is 30.5 Å². The summed E-state index contributed by atoms with van der Waals surface area (Å²) in [4.78, 5) is 32.4. The molecular weight excluding hydrogens is 384 g/mol. The molecule has 1 spiro atoms. The number of hydrogen-bond acceptors (Lipinski definition) is 6. The second-order valence-electron chi connectivity index (χ2n) is 9.44. The van der Waals surface area contributed by atoms with E-state index in [2.05, 4.69) is 4.98 Å². The van der Waals surface area contributed by atoms with Crippen molar-refractivity contribution in [2.24, 2.45) is 5.41 Å². The second-order valence-corrected chi connectivity index (χ2v) is 9.44. The van der Waals surface area contributed by atoms with Crippen LogP contribution in [0.1, 0.15) is 44.9 Å². The minimum atomic E-state index is -0.616. The number of carbonyl (C=O) groups excluding carboxylic acids is 2. The van der Waals surface area contributed by atoms with Gasteiger partial charge in [0.25, 0.3) is 0 Å². The zero-order valence-electron chi connectivity index (χ0n) is 17.9. The number of amides is 1. The van der Waals surface area contributed by atoms with Gasteiger partial charge in [-0.15, -0.1) is 0 Å². The summed E-state index contributed by atoms with van der Waals surface area (Å²) in [7, 11) is 0. The van der Waals surface area contributed by atoms with Crippen LogP contribution in [-0.2, 0) is 32.0 Å². The molecule has 1 saturated heterocycles. The highest BCUT2D eigenvalue weighted by molar-refractivity contribution is 5.90. The number of rotatable bonds is 0. The van der Waals surface area contributed by atoms with E-state index in [1.807, 2.05) is 45.1 Å². The van der Waals surface area contributed by atoms with Gasteiger partial charge in [-0.2, -0.15) is 0 Å². The van der Waals surface area contributed by atoms with E-state index in [0.717, 1.165) is 12.0 Å². The minimum Gasteiger partial charge on any atom is -0.444 e. The Morgan fingerprint density at radius 2 is 2.00 bits per heavy atom. The van der Waals surface area contributed by atoms with Crippen molar-refractivity contribution >= 4 is 11.9 Å². The van der Waals surface area contributed by atoms with Gasteiger partial charge in [-0.05, 0) is 45.2 Å². The highest BCUT2D eigenvalue weighted by atomic mass is 16.6. The largest absolute Gasteiger partial charge is 0.444 e. The van der Waals surface area contributed by atoms with Gasteiger partial charge in [0.15, 0.2) is 5.78 Å². The second kappa shape index (κ2) is 8.12. The summed E-state index contributed by atoms with van der Waals surface area (Å²) in [5.74, 6) is -0.0135. The summed E-state index contributed by atoms with van der Waals surface area (Å²) in [6, 6.07) is 3.25. The van der Waals surface area contributed by atoms with Crippen LogP contribution in [0.2, 0.25) is 0 Å². The number of aromatic nitrogens is 1. The molecule has 2 bridgehead atoms. The van der Waals surface area contributed by atoms with Gasteiger partial charge in [0.1, 0.15) is 5.60 Å². The molecule has 3 aliphatic rings. The first kappa shape index (κ1) is 21.0. The fraction of sp³-hybridized carbons (Fsp3) is 0.609. The van der Waals surface area contributed by atoms with Crippen molar-refractivity contribution in [3.63, 3.8) is 0 Å². The number of ketones is 1. The molecule has 1 aliphatic carbocycles. The zero-order valence-corrected chi connectivity index (χ0v) is 17.9. The van der Waals surface area contributed by atoms with Crippen LogP contribution in [0.25, 0.3) is 0 Å². The summed E-state index contributed by atoms with van der Waals surface area (Å²) >= 11 is 0. The lowest BCUT2D eigenvalue weighted by Crippen LogP contribution is -2.46. The molecule has 3 atom stereocenters. The predicted octanol–water partition coefficient (Wildman–Crippen LogP) is 3.06. The molecule has 0 N–H and O–H groups in total. The van der Waals surface area contributed by atoms with Gasteiger partial charge in [-0.1, -0.05) is 18.2 Å². The van der Waals surface area contributed by atoms with Crippen molar-refractivity contribution in [1.82, 2.24) is 9.88 Å². The van der Waals surface area contributed by atoms with Crippen LogP contribution in [0.5, 0.6) is 0 Å². The fourth-order valence-corrected chi connectivity index (χ4v) is 4.44. The average molecular weight is 415 g/mol. The zero-order chi connectivity index (χ0) is 21.4. The lowest BCUT2D eigenvalue weighted by molar-refractivity contribution is -0.123.